The van der Waals surface area contributed by atoms with Gasteiger partial charge in [0.05, 0.1) is 0 Å². The summed E-state index contributed by atoms with van der Waals surface area (Å²) in [5, 5.41) is 24.6. The fraction of sp³-hybridized carbons (Fsp3) is 0.900. The summed E-state index contributed by atoms with van der Waals surface area (Å²) in [5.41, 5.74) is -0.952. The average molecular weight is 397 g/mol. The van der Waals surface area contributed by atoms with Crippen LogP contribution >= 0.6 is 0 Å². The van der Waals surface area contributed by atoms with Crippen LogP contribution in [-0.2, 0) is 9.59 Å². The van der Waals surface area contributed by atoms with E-state index in [1.807, 2.05) is 7.05 Å². The lowest BCUT2D eigenvalue weighted by molar-refractivity contribution is -0.138. The molecule has 8 heteroatoms. The van der Waals surface area contributed by atoms with Crippen molar-refractivity contribution in [2.75, 3.05) is 20.1 Å². The van der Waals surface area contributed by atoms with Crippen LogP contribution < -0.4 is 10.6 Å². The first kappa shape index (κ1) is 24.9. The molecular weight excluding hydrogens is 357 g/mol. The number of carbonyl (C=O) groups is 2. The third-order valence-electron chi connectivity index (χ3n) is 6.07. The maximum atomic E-state index is 13.3. The summed E-state index contributed by atoms with van der Waals surface area (Å²) in [6.45, 7) is 9.11. The topological polar surface area (TPSA) is 102 Å². The summed E-state index contributed by atoms with van der Waals surface area (Å²) in [7, 11) is 0.713. The van der Waals surface area contributed by atoms with Gasteiger partial charge >= 0.3 is 7.12 Å². The first-order valence-corrected chi connectivity index (χ1v) is 10.8. The van der Waals surface area contributed by atoms with Crippen molar-refractivity contribution in [3.05, 3.63) is 0 Å². The van der Waals surface area contributed by atoms with Gasteiger partial charge in [-0.3, -0.25) is 9.59 Å². The van der Waals surface area contributed by atoms with E-state index >= 15 is 0 Å². The van der Waals surface area contributed by atoms with E-state index < -0.39 is 12.7 Å². The standard InChI is InChI=1S/C20H40BN3O4/c1-6-7-12-22-19(26)20(23-16(4)25)13-17(10-11-21(27)28)8-9-18(20)14-24(5)15(2)3/h15,17-18,27-28H,6-14H2,1-5H3,(H,22,26)(H,23,25)/t17-,18-,20+/m0/s1. The molecule has 0 unspecified atom stereocenters. The van der Waals surface area contributed by atoms with Gasteiger partial charge < -0.3 is 25.6 Å². The van der Waals surface area contributed by atoms with Crippen molar-refractivity contribution >= 4 is 18.9 Å². The maximum absolute atomic E-state index is 13.3. The van der Waals surface area contributed by atoms with Crippen LogP contribution in [0.5, 0.6) is 0 Å². The van der Waals surface area contributed by atoms with Crippen LogP contribution in [0, 0.1) is 11.8 Å². The molecule has 1 saturated carbocycles. The summed E-state index contributed by atoms with van der Waals surface area (Å²) < 4.78 is 0. The van der Waals surface area contributed by atoms with Gasteiger partial charge in [0.2, 0.25) is 11.8 Å². The average Bonchev–Trinajstić information content (AvgIpc) is 2.61. The molecule has 0 aromatic rings. The van der Waals surface area contributed by atoms with Gasteiger partial charge in [-0.25, -0.2) is 0 Å². The second-order valence-electron chi connectivity index (χ2n) is 8.70. The van der Waals surface area contributed by atoms with Crippen LogP contribution in [-0.4, -0.2) is 65.6 Å². The highest BCUT2D eigenvalue weighted by Gasteiger charge is 2.50. The summed E-state index contributed by atoms with van der Waals surface area (Å²) in [5.74, 6) is -0.120. The predicted octanol–water partition coefficient (Wildman–Crippen LogP) is 1.40. The SMILES string of the molecule is CCCCNC(=O)[C@@]1(NC(C)=O)C[C@H](CCB(O)O)CC[C@H]1CN(C)C(C)C. The molecule has 0 aliphatic heterocycles. The van der Waals surface area contributed by atoms with Crippen molar-refractivity contribution in [3.8, 4) is 0 Å². The molecule has 4 N–H and O–H groups in total. The Morgan fingerprint density at radius 3 is 2.50 bits per heavy atom. The number of carbonyl (C=O) groups excluding carboxylic acids is 2. The lowest BCUT2D eigenvalue weighted by Gasteiger charge is -2.47. The van der Waals surface area contributed by atoms with E-state index in [4.69, 9.17) is 0 Å². The summed E-state index contributed by atoms with van der Waals surface area (Å²) >= 11 is 0. The zero-order valence-corrected chi connectivity index (χ0v) is 18.3. The first-order chi connectivity index (χ1) is 13.1. The van der Waals surface area contributed by atoms with Crippen LogP contribution in [0.3, 0.4) is 0 Å². The Labute approximate surface area is 170 Å². The molecule has 1 aliphatic carbocycles. The highest BCUT2D eigenvalue weighted by atomic mass is 16.4. The molecule has 0 aromatic heterocycles. The van der Waals surface area contributed by atoms with E-state index in [2.05, 4.69) is 36.3 Å². The number of hydrogen-bond acceptors (Lipinski definition) is 5. The van der Waals surface area contributed by atoms with Gasteiger partial charge in [-0.2, -0.15) is 0 Å². The molecule has 0 aromatic carbocycles. The molecule has 28 heavy (non-hydrogen) atoms. The van der Waals surface area contributed by atoms with Crippen LogP contribution in [0.4, 0.5) is 0 Å². The number of nitrogens with one attached hydrogen (secondary N) is 2. The number of nitrogens with zero attached hydrogens (tertiary/aromatic N) is 1. The second-order valence-corrected chi connectivity index (χ2v) is 8.70. The molecule has 1 aliphatic rings. The Balaban J connectivity index is 3.12. The van der Waals surface area contributed by atoms with Crippen LogP contribution in [0.15, 0.2) is 0 Å². The van der Waals surface area contributed by atoms with Gasteiger partial charge in [0.15, 0.2) is 0 Å². The van der Waals surface area contributed by atoms with Gasteiger partial charge in [-0.15, -0.1) is 0 Å². The van der Waals surface area contributed by atoms with E-state index in [0.29, 0.717) is 25.4 Å². The van der Waals surface area contributed by atoms with E-state index in [9.17, 15) is 19.6 Å². The van der Waals surface area contributed by atoms with Gasteiger partial charge in [-0.05, 0) is 58.8 Å². The van der Waals surface area contributed by atoms with Crippen molar-refractivity contribution in [2.45, 2.75) is 84.1 Å². The molecule has 0 saturated heterocycles. The van der Waals surface area contributed by atoms with Crippen molar-refractivity contribution in [1.82, 2.24) is 15.5 Å². The fourth-order valence-corrected chi connectivity index (χ4v) is 4.18. The number of amides is 2. The Morgan fingerprint density at radius 2 is 1.96 bits per heavy atom. The maximum Gasteiger partial charge on any atom is 0.451 e. The highest BCUT2D eigenvalue weighted by Crippen LogP contribution is 2.40. The van der Waals surface area contributed by atoms with Crippen molar-refractivity contribution in [2.24, 2.45) is 11.8 Å². The molecule has 7 nitrogen and oxygen atoms in total. The van der Waals surface area contributed by atoms with Crippen molar-refractivity contribution < 1.29 is 19.6 Å². The fourth-order valence-electron chi connectivity index (χ4n) is 4.18. The summed E-state index contributed by atoms with van der Waals surface area (Å²) in [4.78, 5) is 27.7. The molecule has 3 atom stereocenters. The monoisotopic (exact) mass is 397 g/mol. The van der Waals surface area contributed by atoms with E-state index in [1.54, 1.807) is 0 Å². The highest BCUT2D eigenvalue weighted by molar-refractivity contribution is 6.40. The molecule has 2 amide bonds. The minimum Gasteiger partial charge on any atom is -0.427 e. The zero-order chi connectivity index (χ0) is 21.3. The lowest BCUT2D eigenvalue weighted by atomic mass is 9.65. The Hall–Kier alpha value is -1.12. The summed E-state index contributed by atoms with van der Waals surface area (Å²) in [6.07, 6.45) is 5.09. The minimum absolute atomic E-state index is 0.0146. The molecule has 0 bridgehead atoms. The van der Waals surface area contributed by atoms with Gasteiger partial charge in [0.25, 0.3) is 0 Å². The van der Waals surface area contributed by atoms with E-state index in [-0.39, 0.29) is 30.0 Å². The van der Waals surface area contributed by atoms with Gasteiger partial charge in [0, 0.05) is 32.0 Å². The van der Waals surface area contributed by atoms with Crippen LogP contribution in [0.1, 0.15) is 66.2 Å². The van der Waals surface area contributed by atoms with Gasteiger partial charge in [0.1, 0.15) is 5.54 Å². The zero-order valence-electron chi connectivity index (χ0n) is 18.3. The number of unbranched alkanes of at least 4 members (excludes halogenated alkanes) is 1. The third-order valence-corrected chi connectivity index (χ3v) is 6.07. The van der Waals surface area contributed by atoms with Crippen LogP contribution in [0.25, 0.3) is 0 Å². The van der Waals surface area contributed by atoms with E-state index in [1.165, 1.54) is 6.92 Å². The van der Waals surface area contributed by atoms with Gasteiger partial charge in [-0.1, -0.05) is 19.8 Å². The quantitative estimate of drug-likeness (QED) is 0.312. The molecule has 0 radical (unpaired) electrons. The number of rotatable bonds is 11. The largest absolute Gasteiger partial charge is 0.451 e. The van der Waals surface area contributed by atoms with Crippen LogP contribution in [0.2, 0.25) is 6.32 Å². The lowest BCUT2D eigenvalue weighted by Crippen LogP contribution is -2.66. The third kappa shape index (κ3) is 7.37. The Kier molecular flexibility index (Phi) is 10.5. The molecule has 0 spiro atoms. The smallest absolute Gasteiger partial charge is 0.427 e. The Morgan fingerprint density at radius 1 is 1.29 bits per heavy atom. The first-order valence-electron chi connectivity index (χ1n) is 10.8. The van der Waals surface area contributed by atoms with Crippen molar-refractivity contribution in [1.29, 1.82) is 0 Å². The normalized spacial score (nSPS) is 25.0. The Bertz CT molecular complexity index is 504. The molecule has 1 fully saturated rings. The summed E-state index contributed by atoms with van der Waals surface area (Å²) in [6, 6.07) is 0.348. The molecule has 0 heterocycles. The minimum atomic E-state index is -1.33. The number of hydrogen-bond donors (Lipinski definition) is 4. The molecular formula is C20H40BN3O4. The molecule has 162 valence electrons. The predicted molar refractivity (Wildman–Crippen MR) is 113 cm³/mol. The van der Waals surface area contributed by atoms with E-state index in [0.717, 1.165) is 32.2 Å². The second kappa shape index (κ2) is 11.8. The van der Waals surface area contributed by atoms with Crippen molar-refractivity contribution in [3.63, 3.8) is 0 Å². The molecule has 1 rings (SSSR count).